The Morgan fingerprint density at radius 2 is 1.85 bits per heavy atom. The summed E-state index contributed by atoms with van der Waals surface area (Å²) in [6.07, 6.45) is -0.481. The molecule has 1 unspecified atom stereocenters. The van der Waals surface area contributed by atoms with Crippen LogP contribution in [0.3, 0.4) is 0 Å². The van der Waals surface area contributed by atoms with Gasteiger partial charge in [0, 0.05) is 17.8 Å². The highest BCUT2D eigenvalue weighted by Gasteiger charge is 2.27. The lowest BCUT2D eigenvalue weighted by Crippen LogP contribution is -2.65. The van der Waals surface area contributed by atoms with Gasteiger partial charge in [0.15, 0.2) is 11.6 Å². The van der Waals surface area contributed by atoms with Crippen LogP contribution in [0, 0.1) is 28.8 Å². The van der Waals surface area contributed by atoms with E-state index in [0.29, 0.717) is 17.7 Å². The normalized spacial score (nSPS) is 18.3. The van der Waals surface area contributed by atoms with Crippen molar-refractivity contribution in [3.63, 3.8) is 0 Å². The zero-order chi connectivity index (χ0) is 18.7. The van der Waals surface area contributed by atoms with E-state index in [4.69, 9.17) is 15.9 Å². The zero-order valence-electron chi connectivity index (χ0n) is 13.4. The number of hydrogen-bond acceptors (Lipinski definition) is 7. The molecule has 3 rings (SSSR count). The van der Waals surface area contributed by atoms with E-state index in [2.05, 4.69) is 10.6 Å². The highest BCUT2D eigenvalue weighted by Crippen LogP contribution is 2.24. The van der Waals surface area contributed by atoms with Gasteiger partial charge < -0.3 is 10.2 Å². The van der Waals surface area contributed by atoms with Gasteiger partial charge in [0.05, 0.1) is 18.3 Å². The number of nitrogens with two attached hydrogens (primary N) is 1. The fourth-order valence-corrected chi connectivity index (χ4v) is 2.36. The fourth-order valence-electron chi connectivity index (χ4n) is 2.36. The van der Waals surface area contributed by atoms with Crippen LogP contribution in [0.2, 0.25) is 0 Å². The van der Waals surface area contributed by atoms with Crippen LogP contribution >= 0.6 is 0 Å². The van der Waals surface area contributed by atoms with Gasteiger partial charge in [0.2, 0.25) is 5.75 Å². The number of nitrogens with one attached hydrogen (secondary N) is 2. The Hall–Kier alpha value is -2.84. The number of nitrogens with zero attached hydrogens (tertiary/aromatic N) is 3. The minimum absolute atomic E-state index is 0.0111. The Labute approximate surface area is 147 Å². The summed E-state index contributed by atoms with van der Waals surface area (Å²) in [4.78, 5) is 5.14. The molecule has 0 saturated carbocycles. The van der Waals surface area contributed by atoms with Gasteiger partial charge in [-0.3, -0.25) is 11.2 Å². The van der Waals surface area contributed by atoms with E-state index in [9.17, 15) is 13.2 Å². The maximum absolute atomic E-state index is 13.7. The van der Waals surface area contributed by atoms with Crippen LogP contribution in [-0.2, 0) is 0 Å². The minimum Gasteiger partial charge on any atom is -0.397 e. The molecule has 26 heavy (non-hydrogen) atoms. The first kappa shape index (κ1) is 18.0. The lowest BCUT2D eigenvalue weighted by atomic mass is 10.2. The van der Waals surface area contributed by atoms with Gasteiger partial charge in [-0.2, -0.15) is 10.3 Å². The monoisotopic (exact) mass is 364 g/mol. The minimum atomic E-state index is -1.15. The SMILES string of the molecule is N#Cc1ccc(NC2NCN(Oc3c(F)cc(F)cc3F)CN2N)cc1. The second-order valence-electron chi connectivity index (χ2n) is 5.53. The molecule has 1 fully saturated rings. The number of benzene rings is 2. The van der Waals surface area contributed by atoms with Gasteiger partial charge in [-0.25, -0.2) is 13.2 Å². The van der Waals surface area contributed by atoms with Crippen LogP contribution in [0.1, 0.15) is 5.56 Å². The molecule has 0 radical (unpaired) electrons. The maximum Gasteiger partial charge on any atom is 0.218 e. The lowest BCUT2D eigenvalue weighted by Gasteiger charge is -2.39. The van der Waals surface area contributed by atoms with Crippen LogP contribution in [0.15, 0.2) is 36.4 Å². The van der Waals surface area contributed by atoms with E-state index in [1.165, 1.54) is 10.1 Å². The molecule has 1 heterocycles. The highest BCUT2D eigenvalue weighted by atomic mass is 19.1. The predicted molar refractivity (Wildman–Crippen MR) is 86.2 cm³/mol. The summed E-state index contributed by atoms with van der Waals surface area (Å²) in [7, 11) is 0. The van der Waals surface area contributed by atoms with E-state index in [0.717, 1.165) is 5.69 Å². The van der Waals surface area contributed by atoms with Crippen LogP contribution in [0.4, 0.5) is 18.9 Å². The summed E-state index contributed by atoms with van der Waals surface area (Å²) in [5, 5.41) is 17.3. The van der Waals surface area contributed by atoms with Gasteiger partial charge >= 0.3 is 0 Å². The molecule has 0 aromatic heterocycles. The molecule has 0 spiro atoms. The Morgan fingerprint density at radius 1 is 1.19 bits per heavy atom. The summed E-state index contributed by atoms with van der Waals surface area (Å²) in [5.41, 5.74) is 1.25. The van der Waals surface area contributed by atoms with E-state index >= 15 is 0 Å². The van der Waals surface area contributed by atoms with Crippen molar-refractivity contribution in [1.29, 1.82) is 5.26 Å². The molecular weight excluding hydrogens is 349 g/mol. The average molecular weight is 364 g/mol. The molecule has 4 N–H and O–H groups in total. The molecule has 2 aromatic rings. The van der Waals surface area contributed by atoms with Crippen molar-refractivity contribution in [2.45, 2.75) is 6.29 Å². The van der Waals surface area contributed by atoms with E-state index < -0.39 is 29.5 Å². The van der Waals surface area contributed by atoms with Gasteiger partial charge in [-0.1, -0.05) is 0 Å². The van der Waals surface area contributed by atoms with E-state index in [1.54, 1.807) is 24.3 Å². The number of hydrogen-bond donors (Lipinski definition) is 3. The first-order valence-electron chi connectivity index (χ1n) is 7.55. The Kier molecular flexibility index (Phi) is 5.24. The van der Waals surface area contributed by atoms with Crippen molar-refractivity contribution in [3.8, 4) is 11.8 Å². The third kappa shape index (κ3) is 4.04. The number of hydroxylamine groups is 2. The van der Waals surface area contributed by atoms with Crippen molar-refractivity contribution in [1.82, 2.24) is 15.4 Å². The van der Waals surface area contributed by atoms with Gasteiger partial charge in [0.1, 0.15) is 18.8 Å². The topological polar surface area (TPSA) is 89.6 Å². The Bertz CT molecular complexity index is 803. The van der Waals surface area contributed by atoms with Crippen molar-refractivity contribution < 1.29 is 18.0 Å². The number of nitriles is 1. The molecule has 1 aliphatic heterocycles. The highest BCUT2D eigenvalue weighted by molar-refractivity contribution is 5.47. The average Bonchev–Trinajstić information content (AvgIpc) is 2.61. The molecular formula is C16H15F3N6O. The van der Waals surface area contributed by atoms with Crippen LogP contribution in [-0.4, -0.2) is 29.7 Å². The number of anilines is 1. The molecule has 7 nitrogen and oxygen atoms in total. The molecule has 136 valence electrons. The zero-order valence-corrected chi connectivity index (χ0v) is 13.4. The predicted octanol–water partition coefficient (Wildman–Crippen LogP) is 1.66. The third-order valence-electron chi connectivity index (χ3n) is 3.61. The molecule has 0 bridgehead atoms. The van der Waals surface area contributed by atoms with Crippen molar-refractivity contribution >= 4 is 5.69 Å². The van der Waals surface area contributed by atoms with Crippen molar-refractivity contribution in [2.75, 3.05) is 18.7 Å². The first-order chi connectivity index (χ1) is 12.5. The van der Waals surface area contributed by atoms with Crippen molar-refractivity contribution in [3.05, 3.63) is 59.4 Å². The molecule has 1 saturated heterocycles. The van der Waals surface area contributed by atoms with Crippen molar-refractivity contribution in [2.24, 2.45) is 5.84 Å². The molecule has 0 amide bonds. The van der Waals surface area contributed by atoms with Gasteiger partial charge in [-0.05, 0) is 24.3 Å². The Morgan fingerprint density at radius 3 is 2.42 bits per heavy atom. The summed E-state index contributed by atoms with van der Waals surface area (Å²) in [5.74, 6) is 1.88. The maximum atomic E-state index is 13.7. The summed E-state index contributed by atoms with van der Waals surface area (Å²) < 4.78 is 40.3. The largest absolute Gasteiger partial charge is 0.397 e. The summed E-state index contributed by atoms with van der Waals surface area (Å²) >= 11 is 0. The third-order valence-corrected chi connectivity index (χ3v) is 3.61. The summed E-state index contributed by atoms with van der Waals surface area (Å²) in [6, 6.07) is 9.84. The van der Waals surface area contributed by atoms with Gasteiger partial charge in [0.25, 0.3) is 0 Å². The number of hydrazine groups is 1. The summed E-state index contributed by atoms with van der Waals surface area (Å²) in [6.45, 7) is 0.106. The lowest BCUT2D eigenvalue weighted by molar-refractivity contribution is -0.145. The van der Waals surface area contributed by atoms with Crippen LogP contribution in [0.25, 0.3) is 0 Å². The number of rotatable bonds is 4. The van der Waals surface area contributed by atoms with Crippen LogP contribution < -0.4 is 21.3 Å². The quantitative estimate of drug-likeness (QED) is 0.711. The standard InChI is InChI=1S/C16H15F3N6O/c17-11-5-13(18)15(14(19)6-11)26-24-8-22-16(25(21)9-24)23-12-3-1-10(7-20)2-4-12/h1-6,16,22-23H,8-9,21H2. The smallest absolute Gasteiger partial charge is 0.218 e. The van der Waals surface area contributed by atoms with E-state index in [1.807, 2.05) is 6.07 Å². The first-order valence-corrected chi connectivity index (χ1v) is 7.55. The molecule has 1 atom stereocenters. The second kappa shape index (κ2) is 7.59. The fraction of sp³-hybridized carbons (Fsp3) is 0.188. The van der Waals surface area contributed by atoms with Gasteiger partial charge in [-0.15, -0.1) is 5.06 Å². The molecule has 1 aliphatic rings. The Balaban J connectivity index is 1.60. The second-order valence-corrected chi connectivity index (χ2v) is 5.53. The molecule has 10 heteroatoms. The molecule has 0 aliphatic carbocycles. The van der Waals surface area contributed by atoms with Crippen LogP contribution in [0.5, 0.6) is 5.75 Å². The number of halogens is 3. The van der Waals surface area contributed by atoms with E-state index in [-0.39, 0.29) is 13.3 Å². The molecule has 2 aromatic carbocycles.